The van der Waals surface area contributed by atoms with Gasteiger partial charge in [-0.05, 0) is 19.1 Å². The highest BCUT2D eigenvalue weighted by molar-refractivity contribution is 5.95. The minimum Gasteiger partial charge on any atom is -0.357 e. The van der Waals surface area contributed by atoms with Crippen molar-refractivity contribution in [2.24, 2.45) is 0 Å². The molecule has 1 aliphatic heterocycles. The Morgan fingerprint density at radius 2 is 2.19 bits per heavy atom. The van der Waals surface area contributed by atoms with E-state index < -0.39 is 4.92 Å². The van der Waals surface area contributed by atoms with E-state index in [1.807, 2.05) is 9.47 Å². The first kappa shape index (κ1) is 13.2. The van der Waals surface area contributed by atoms with E-state index in [4.69, 9.17) is 0 Å². The van der Waals surface area contributed by atoms with Gasteiger partial charge < -0.3 is 9.47 Å². The summed E-state index contributed by atoms with van der Waals surface area (Å²) in [7, 11) is 0. The van der Waals surface area contributed by atoms with Crippen LogP contribution < -0.4 is 4.90 Å². The topological polar surface area (TPSA) is 94.2 Å². The molecule has 0 saturated heterocycles. The quantitative estimate of drug-likeness (QED) is 0.481. The molecule has 0 radical (unpaired) electrons. The molecule has 0 N–H and O–H groups in total. The molecule has 2 heterocycles. The predicted octanol–water partition coefficient (Wildman–Crippen LogP) is 1.41. The molecule has 0 bridgehead atoms. The number of ketones is 1. The molecule has 108 valence electrons. The first-order valence-corrected chi connectivity index (χ1v) is 6.47. The van der Waals surface area contributed by atoms with Crippen molar-refractivity contribution in [3.05, 3.63) is 46.0 Å². The SMILES string of the molecule is CC(=O)c1ccc(N2CCn3cnnc3C2)c([N+](=O)[O-])c1. The monoisotopic (exact) mass is 287 g/mol. The highest BCUT2D eigenvalue weighted by atomic mass is 16.6. The standard InChI is InChI=1S/C13H13N5O3/c1-9(19)10-2-3-11(12(6-10)18(20)21)16-4-5-17-8-14-15-13(17)7-16/h2-3,6,8H,4-5,7H2,1H3. The van der Waals surface area contributed by atoms with Crippen molar-refractivity contribution >= 4 is 17.2 Å². The van der Waals surface area contributed by atoms with Gasteiger partial charge in [0.2, 0.25) is 0 Å². The van der Waals surface area contributed by atoms with Gasteiger partial charge in [0.25, 0.3) is 5.69 Å². The molecule has 0 amide bonds. The van der Waals surface area contributed by atoms with Crippen LogP contribution in [0.1, 0.15) is 23.1 Å². The fraction of sp³-hybridized carbons (Fsp3) is 0.308. The lowest BCUT2D eigenvalue weighted by Crippen LogP contribution is -2.34. The average Bonchev–Trinajstić information content (AvgIpc) is 2.93. The number of carbonyl (C=O) groups excluding carboxylic acids is 1. The van der Waals surface area contributed by atoms with Crippen molar-refractivity contribution in [3.8, 4) is 0 Å². The van der Waals surface area contributed by atoms with Crippen molar-refractivity contribution in [2.45, 2.75) is 20.0 Å². The minimum atomic E-state index is -0.457. The summed E-state index contributed by atoms with van der Waals surface area (Å²) < 4.78 is 1.92. The Kier molecular flexibility index (Phi) is 3.13. The molecular weight excluding hydrogens is 274 g/mol. The van der Waals surface area contributed by atoms with Crippen LogP contribution in [0.2, 0.25) is 0 Å². The summed E-state index contributed by atoms with van der Waals surface area (Å²) in [6.07, 6.45) is 1.65. The zero-order valence-electron chi connectivity index (χ0n) is 11.4. The van der Waals surface area contributed by atoms with Gasteiger partial charge in [-0.15, -0.1) is 10.2 Å². The van der Waals surface area contributed by atoms with Gasteiger partial charge >= 0.3 is 0 Å². The molecule has 21 heavy (non-hydrogen) atoms. The van der Waals surface area contributed by atoms with Gasteiger partial charge in [0, 0.05) is 24.7 Å². The lowest BCUT2D eigenvalue weighted by atomic mass is 10.1. The Morgan fingerprint density at radius 3 is 2.90 bits per heavy atom. The Bertz CT molecular complexity index is 724. The largest absolute Gasteiger partial charge is 0.357 e. The molecule has 1 aromatic carbocycles. The lowest BCUT2D eigenvalue weighted by Gasteiger charge is -2.28. The van der Waals surface area contributed by atoms with Crippen LogP contribution in [0.3, 0.4) is 0 Å². The second kappa shape index (κ2) is 4.97. The van der Waals surface area contributed by atoms with Crippen LogP contribution in [0.15, 0.2) is 24.5 Å². The van der Waals surface area contributed by atoms with Crippen LogP contribution in [0.4, 0.5) is 11.4 Å². The number of hydrogen-bond acceptors (Lipinski definition) is 6. The maximum absolute atomic E-state index is 11.4. The van der Waals surface area contributed by atoms with Gasteiger partial charge in [0.05, 0.1) is 11.5 Å². The fourth-order valence-corrected chi connectivity index (χ4v) is 2.43. The third-order valence-electron chi connectivity index (χ3n) is 3.56. The van der Waals surface area contributed by atoms with Gasteiger partial charge in [-0.1, -0.05) is 0 Å². The predicted molar refractivity (Wildman–Crippen MR) is 74.2 cm³/mol. The first-order chi connectivity index (χ1) is 10.1. The lowest BCUT2D eigenvalue weighted by molar-refractivity contribution is -0.384. The average molecular weight is 287 g/mol. The van der Waals surface area contributed by atoms with Gasteiger partial charge in [0.15, 0.2) is 11.6 Å². The third kappa shape index (κ3) is 2.35. The maximum Gasteiger partial charge on any atom is 0.293 e. The van der Waals surface area contributed by atoms with E-state index >= 15 is 0 Å². The third-order valence-corrected chi connectivity index (χ3v) is 3.56. The van der Waals surface area contributed by atoms with Crippen molar-refractivity contribution < 1.29 is 9.72 Å². The number of aromatic nitrogens is 3. The summed E-state index contributed by atoms with van der Waals surface area (Å²) in [4.78, 5) is 24.1. The van der Waals surface area contributed by atoms with Crippen molar-refractivity contribution in [2.75, 3.05) is 11.4 Å². The summed E-state index contributed by atoms with van der Waals surface area (Å²) in [5, 5.41) is 19.1. The molecule has 2 aromatic rings. The van der Waals surface area contributed by atoms with Gasteiger partial charge in [0.1, 0.15) is 12.0 Å². The Morgan fingerprint density at radius 1 is 1.38 bits per heavy atom. The number of nitro groups is 1. The highest BCUT2D eigenvalue weighted by Crippen LogP contribution is 2.31. The molecule has 8 nitrogen and oxygen atoms in total. The van der Waals surface area contributed by atoms with Crippen LogP contribution >= 0.6 is 0 Å². The van der Waals surface area contributed by atoms with E-state index in [1.165, 1.54) is 13.0 Å². The van der Waals surface area contributed by atoms with E-state index in [9.17, 15) is 14.9 Å². The second-order valence-electron chi connectivity index (χ2n) is 4.88. The number of carbonyl (C=O) groups is 1. The Labute approximate surface area is 120 Å². The Balaban J connectivity index is 1.99. The van der Waals surface area contributed by atoms with Crippen LogP contribution in [0, 0.1) is 10.1 Å². The number of nitrogens with zero attached hydrogens (tertiary/aromatic N) is 5. The molecule has 8 heteroatoms. The molecule has 1 aliphatic rings. The highest BCUT2D eigenvalue weighted by Gasteiger charge is 2.25. The summed E-state index contributed by atoms with van der Waals surface area (Å²) in [5.74, 6) is 0.578. The summed E-state index contributed by atoms with van der Waals surface area (Å²) in [6, 6.07) is 4.57. The number of anilines is 1. The van der Waals surface area contributed by atoms with Crippen LogP contribution in [-0.2, 0) is 13.1 Å². The zero-order chi connectivity index (χ0) is 15.0. The number of hydrogen-bond donors (Lipinski definition) is 0. The van der Waals surface area contributed by atoms with Crippen LogP contribution in [-0.4, -0.2) is 32.0 Å². The Hall–Kier alpha value is -2.77. The van der Waals surface area contributed by atoms with E-state index in [0.29, 0.717) is 30.9 Å². The number of benzene rings is 1. The number of fused-ring (bicyclic) bond motifs is 1. The van der Waals surface area contributed by atoms with Gasteiger partial charge in [-0.25, -0.2) is 0 Å². The number of nitro benzene ring substituents is 1. The molecule has 0 atom stereocenters. The summed E-state index contributed by atoms with van der Waals surface area (Å²) in [5.41, 5.74) is 0.778. The van der Waals surface area contributed by atoms with Crippen LogP contribution in [0.5, 0.6) is 0 Å². The molecule has 0 saturated carbocycles. The minimum absolute atomic E-state index is 0.0596. The van der Waals surface area contributed by atoms with Crippen LogP contribution in [0.25, 0.3) is 0 Å². The molecule has 3 rings (SSSR count). The number of Topliss-reactive ketones (excluding diaryl/α,β-unsaturated/α-hetero) is 1. The number of rotatable bonds is 3. The molecule has 0 aliphatic carbocycles. The van der Waals surface area contributed by atoms with Crippen molar-refractivity contribution in [1.82, 2.24) is 14.8 Å². The fourth-order valence-electron chi connectivity index (χ4n) is 2.43. The smallest absolute Gasteiger partial charge is 0.293 e. The summed E-state index contributed by atoms with van der Waals surface area (Å²) in [6.45, 7) is 3.15. The molecule has 1 aromatic heterocycles. The van der Waals surface area contributed by atoms with Gasteiger partial charge in [-0.2, -0.15) is 0 Å². The van der Waals surface area contributed by atoms with E-state index in [1.54, 1.807) is 18.5 Å². The second-order valence-corrected chi connectivity index (χ2v) is 4.88. The zero-order valence-corrected chi connectivity index (χ0v) is 11.4. The van der Waals surface area contributed by atoms with Gasteiger partial charge in [-0.3, -0.25) is 14.9 Å². The molecule has 0 spiro atoms. The van der Waals surface area contributed by atoms with E-state index in [0.717, 1.165) is 5.82 Å². The van der Waals surface area contributed by atoms with Crippen molar-refractivity contribution in [3.63, 3.8) is 0 Å². The molecule has 0 unspecified atom stereocenters. The molecular formula is C13H13N5O3. The van der Waals surface area contributed by atoms with E-state index in [2.05, 4.69) is 10.2 Å². The maximum atomic E-state index is 11.4. The first-order valence-electron chi connectivity index (χ1n) is 6.47. The normalized spacial score (nSPS) is 13.9. The van der Waals surface area contributed by atoms with Crippen molar-refractivity contribution in [1.29, 1.82) is 0 Å². The molecule has 0 fully saturated rings. The van der Waals surface area contributed by atoms with E-state index in [-0.39, 0.29) is 11.5 Å². The summed E-state index contributed by atoms with van der Waals surface area (Å²) >= 11 is 0.